The first-order chi connectivity index (χ1) is 10.6. The molecule has 0 saturated heterocycles. The number of thiazole rings is 1. The first-order valence-corrected chi connectivity index (χ1v) is 8.66. The maximum atomic E-state index is 12.3. The zero-order chi connectivity index (χ0) is 15.7. The van der Waals surface area contributed by atoms with Gasteiger partial charge in [-0.05, 0) is 28.1 Å². The normalized spacial score (nSPS) is 10.7. The van der Waals surface area contributed by atoms with E-state index in [4.69, 9.17) is 4.74 Å². The average molecular weight is 399 g/mol. The molecular formula is C13H11BrN4O2S2. The molecule has 1 amide bonds. The van der Waals surface area contributed by atoms with Gasteiger partial charge in [-0.1, -0.05) is 0 Å². The number of nitrogens with one attached hydrogen (secondary N) is 1. The molecule has 0 unspecified atom stereocenters. The number of anilines is 1. The molecule has 3 aromatic rings. The molecule has 0 aliphatic rings. The molecule has 114 valence electrons. The summed E-state index contributed by atoms with van der Waals surface area (Å²) in [5, 5.41) is 9.28. The number of hydrogen-bond acceptors (Lipinski definition) is 6. The van der Waals surface area contributed by atoms with Crippen molar-refractivity contribution in [1.29, 1.82) is 0 Å². The molecule has 0 aliphatic heterocycles. The Labute approximate surface area is 142 Å². The topological polar surface area (TPSA) is 69.0 Å². The van der Waals surface area contributed by atoms with Crippen molar-refractivity contribution in [3.63, 3.8) is 0 Å². The minimum atomic E-state index is -0.293. The van der Waals surface area contributed by atoms with E-state index >= 15 is 0 Å². The molecule has 3 heterocycles. The lowest BCUT2D eigenvalue weighted by atomic mass is 10.3. The molecule has 6 nitrogen and oxygen atoms in total. The van der Waals surface area contributed by atoms with Crippen molar-refractivity contribution in [1.82, 2.24) is 14.8 Å². The summed E-state index contributed by atoms with van der Waals surface area (Å²) in [6.07, 6.45) is 1.61. The van der Waals surface area contributed by atoms with E-state index in [-0.39, 0.29) is 5.91 Å². The van der Waals surface area contributed by atoms with E-state index in [0.29, 0.717) is 16.6 Å². The van der Waals surface area contributed by atoms with Crippen LogP contribution in [0.15, 0.2) is 27.5 Å². The second-order valence-corrected chi connectivity index (χ2v) is 7.64. The predicted octanol–water partition coefficient (Wildman–Crippen LogP) is 3.63. The van der Waals surface area contributed by atoms with Crippen LogP contribution in [-0.4, -0.2) is 27.8 Å². The lowest BCUT2D eigenvalue weighted by Gasteiger charge is -2.00. The number of aryl methyl sites for hydroxylation is 1. The van der Waals surface area contributed by atoms with E-state index in [2.05, 4.69) is 31.3 Å². The Morgan fingerprint density at radius 2 is 2.27 bits per heavy atom. The zero-order valence-corrected chi connectivity index (χ0v) is 14.9. The zero-order valence-electron chi connectivity index (χ0n) is 11.7. The minimum absolute atomic E-state index is 0.291. The molecule has 0 atom stereocenters. The molecule has 1 N–H and O–H groups in total. The third kappa shape index (κ3) is 3.06. The van der Waals surface area contributed by atoms with Gasteiger partial charge in [0.05, 0.1) is 21.5 Å². The molecule has 3 aromatic heterocycles. The van der Waals surface area contributed by atoms with Gasteiger partial charge in [0.2, 0.25) is 5.88 Å². The maximum absolute atomic E-state index is 12.3. The number of nitrogens with zero attached hydrogens (tertiary/aromatic N) is 3. The summed E-state index contributed by atoms with van der Waals surface area (Å²) in [5.41, 5.74) is 1.22. The van der Waals surface area contributed by atoms with Crippen LogP contribution in [-0.2, 0) is 7.05 Å². The van der Waals surface area contributed by atoms with Crippen LogP contribution < -0.4 is 10.1 Å². The summed E-state index contributed by atoms with van der Waals surface area (Å²) >= 11 is 6.40. The molecule has 0 saturated carbocycles. The number of methoxy groups -OCH3 is 1. The standard InChI is InChI=1S/C13H11BrN4O2S2/c1-18-5-7(12(17-18)20-2)11(19)16-13-15-8(6-21-13)9-3-4-10(14)22-9/h3-6H,1-2H3,(H,15,16,19). The van der Waals surface area contributed by atoms with Gasteiger partial charge in [-0.25, -0.2) is 4.98 Å². The van der Waals surface area contributed by atoms with Gasteiger partial charge >= 0.3 is 0 Å². The number of ether oxygens (including phenoxy) is 1. The number of rotatable bonds is 4. The Morgan fingerprint density at radius 1 is 1.45 bits per heavy atom. The number of halogens is 1. The number of carbonyl (C=O) groups is 1. The third-order valence-electron chi connectivity index (χ3n) is 2.78. The number of amides is 1. The number of thiophene rings is 1. The lowest BCUT2D eigenvalue weighted by Crippen LogP contribution is -2.12. The van der Waals surface area contributed by atoms with E-state index in [9.17, 15) is 4.79 Å². The summed E-state index contributed by atoms with van der Waals surface area (Å²) in [6.45, 7) is 0. The number of hydrogen-bond donors (Lipinski definition) is 1. The Kier molecular flexibility index (Phi) is 4.27. The summed E-state index contributed by atoms with van der Waals surface area (Å²) < 4.78 is 7.66. The van der Waals surface area contributed by atoms with Gasteiger partial charge in [0.25, 0.3) is 5.91 Å². The summed E-state index contributed by atoms with van der Waals surface area (Å²) in [4.78, 5) is 17.7. The maximum Gasteiger partial charge on any atom is 0.264 e. The highest BCUT2D eigenvalue weighted by molar-refractivity contribution is 9.11. The fraction of sp³-hybridized carbons (Fsp3) is 0.154. The Hall–Kier alpha value is -1.71. The van der Waals surface area contributed by atoms with Gasteiger partial charge in [-0.3, -0.25) is 14.8 Å². The van der Waals surface area contributed by atoms with E-state index < -0.39 is 0 Å². The van der Waals surface area contributed by atoms with Gasteiger partial charge in [-0.15, -0.1) is 27.8 Å². The van der Waals surface area contributed by atoms with Crippen LogP contribution in [0.4, 0.5) is 5.13 Å². The van der Waals surface area contributed by atoms with Gasteiger partial charge in [0.1, 0.15) is 5.56 Å². The Morgan fingerprint density at radius 3 is 2.95 bits per heavy atom. The fourth-order valence-corrected chi connectivity index (χ4v) is 3.96. The monoisotopic (exact) mass is 398 g/mol. The smallest absolute Gasteiger partial charge is 0.264 e. The van der Waals surface area contributed by atoms with Crippen molar-refractivity contribution in [2.45, 2.75) is 0 Å². The summed E-state index contributed by atoms with van der Waals surface area (Å²) in [6, 6.07) is 3.96. The van der Waals surface area contributed by atoms with Gasteiger partial charge in [0.15, 0.2) is 5.13 Å². The SMILES string of the molecule is COc1nn(C)cc1C(=O)Nc1nc(-c2ccc(Br)s2)cs1. The van der Waals surface area contributed by atoms with Gasteiger partial charge < -0.3 is 4.74 Å². The van der Waals surface area contributed by atoms with Gasteiger partial charge in [0, 0.05) is 18.6 Å². The second kappa shape index (κ2) is 6.19. The van der Waals surface area contributed by atoms with Crippen LogP contribution >= 0.6 is 38.6 Å². The molecule has 9 heteroatoms. The quantitative estimate of drug-likeness (QED) is 0.728. The predicted molar refractivity (Wildman–Crippen MR) is 90.8 cm³/mol. The summed E-state index contributed by atoms with van der Waals surface area (Å²) in [7, 11) is 3.21. The van der Waals surface area contributed by atoms with Crippen molar-refractivity contribution >= 4 is 49.6 Å². The molecule has 0 spiro atoms. The van der Waals surface area contributed by atoms with Crippen molar-refractivity contribution in [3.8, 4) is 16.5 Å². The fourth-order valence-electron chi connectivity index (χ4n) is 1.84. The van der Waals surface area contributed by atoms with E-state index in [1.165, 1.54) is 23.1 Å². The molecule has 0 bridgehead atoms. The first kappa shape index (κ1) is 15.2. The average Bonchev–Trinajstić information content (AvgIpc) is 3.18. The van der Waals surface area contributed by atoms with Crippen LogP contribution in [0, 0.1) is 0 Å². The van der Waals surface area contributed by atoms with Crippen LogP contribution in [0.1, 0.15) is 10.4 Å². The lowest BCUT2D eigenvalue weighted by molar-refractivity contribution is 0.102. The van der Waals surface area contributed by atoms with Crippen LogP contribution in [0.25, 0.3) is 10.6 Å². The van der Waals surface area contributed by atoms with Crippen molar-refractivity contribution < 1.29 is 9.53 Å². The molecule has 0 fully saturated rings. The highest BCUT2D eigenvalue weighted by Gasteiger charge is 2.18. The van der Waals surface area contributed by atoms with Crippen molar-refractivity contribution in [2.24, 2.45) is 7.05 Å². The van der Waals surface area contributed by atoms with Gasteiger partial charge in [-0.2, -0.15) is 0 Å². The largest absolute Gasteiger partial charge is 0.479 e. The highest BCUT2D eigenvalue weighted by atomic mass is 79.9. The Balaban J connectivity index is 1.78. The van der Waals surface area contributed by atoms with E-state index in [1.54, 1.807) is 24.6 Å². The highest BCUT2D eigenvalue weighted by Crippen LogP contribution is 2.33. The molecule has 3 rings (SSSR count). The number of aromatic nitrogens is 3. The Bertz CT molecular complexity index is 824. The first-order valence-electron chi connectivity index (χ1n) is 6.17. The van der Waals surface area contributed by atoms with Crippen LogP contribution in [0.3, 0.4) is 0 Å². The molecule has 0 aliphatic carbocycles. The summed E-state index contributed by atoms with van der Waals surface area (Å²) in [5.74, 6) is -0.00261. The number of carbonyl (C=O) groups excluding carboxylic acids is 1. The van der Waals surface area contributed by atoms with Crippen LogP contribution in [0.5, 0.6) is 5.88 Å². The molecule has 0 aromatic carbocycles. The minimum Gasteiger partial charge on any atom is -0.479 e. The van der Waals surface area contributed by atoms with Crippen molar-refractivity contribution in [3.05, 3.63) is 33.1 Å². The second-order valence-electron chi connectivity index (χ2n) is 4.32. The van der Waals surface area contributed by atoms with E-state index in [0.717, 1.165) is 14.4 Å². The molecule has 0 radical (unpaired) electrons. The molecule has 22 heavy (non-hydrogen) atoms. The third-order valence-corrected chi connectivity index (χ3v) is 5.19. The molecular weight excluding hydrogens is 388 g/mol. The van der Waals surface area contributed by atoms with E-state index in [1.807, 2.05) is 17.5 Å². The van der Waals surface area contributed by atoms with Crippen molar-refractivity contribution in [2.75, 3.05) is 12.4 Å². The van der Waals surface area contributed by atoms with Crippen LogP contribution in [0.2, 0.25) is 0 Å².